The molecule has 2 aliphatic rings. The van der Waals surface area contributed by atoms with Gasteiger partial charge in [0.25, 0.3) is 10.0 Å². The topological polar surface area (TPSA) is 104 Å². The van der Waals surface area contributed by atoms with Crippen molar-refractivity contribution in [1.29, 1.82) is 0 Å². The third-order valence-electron chi connectivity index (χ3n) is 8.49. The lowest BCUT2D eigenvalue weighted by atomic mass is 9.88. The number of nitrogens with one attached hydrogen (secondary N) is 2. The van der Waals surface area contributed by atoms with Crippen LogP contribution in [0.5, 0.6) is 0 Å². The van der Waals surface area contributed by atoms with Crippen LogP contribution in [0.25, 0.3) is 0 Å². The molecule has 6 rings (SSSR count). The quantitative estimate of drug-likeness (QED) is 0.256. The molecule has 1 amide bonds. The standard InChI is InChI=1S/C32H29F4N5O3S/c33-23-6-4-20(5-7-23)26(21-11-24(34)14-25(35)12-21)15-30(42)40-29-18-38-17-28(36)27(29)13-22-16-32(22)19-37-9-10-41(32)45(43,44)31-3-1-2-8-39-31/h1-8,11-12,14,17-18,22,26,37H,9-10,13,15-16,19H2,(H,40,42)/t22-,26+,32+/m1/s1. The van der Waals surface area contributed by atoms with Crippen molar-refractivity contribution in [1.82, 2.24) is 19.6 Å². The van der Waals surface area contributed by atoms with Gasteiger partial charge >= 0.3 is 0 Å². The predicted molar refractivity (Wildman–Crippen MR) is 158 cm³/mol. The van der Waals surface area contributed by atoms with E-state index in [0.29, 0.717) is 31.1 Å². The van der Waals surface area contributed by atoms with E-state index >= 15 is 4.39 Å². The van der Waals surface area contributed by atoms with Crippen molar-refractivity contribution >= 4 is 21.6 Å². The van der Waals surface area contributed by atoms with E-state index in [1.54, 1.807) is 12.1 Å². The summed E-state index contributed by atoms with van der Waals surface area (Å²) in [5.41, 5.74) is 0.101. The summed E-state index contributed by atoms with van der Waals surface area (Å²) >= 11 is 0. The largest absolute Gasteiger partial charge is 0.324 e. The van der Waals surface area contributed by atoms with Crippen molar-refractivity contribution in [2.24, 2.45) is 5.92 Å². The fraction of sp³-hybridized carbons (Fsp3) is 0.281. The van der Waals surface area contributed by atoms with E-state index in [4.69, 9.17) is 0 Å². The molecule has 1 spiro atoms. The third kappa shape index (κ3) is 6.33. The lowest BCUT2D eigenvalue weighted by Gasteiger charge is -2.36. The van der Waals surface area contributed by atoms with E-state index in [0.717, 1.165) is 18.3 Å². The van der Waals surface area contributed by atoms with E-state index in [9.17, 15) is 26.4 Å². The summed E-state index contributed by atoms with van der Waals surface area (Å²) in [4.78, 5) is 21.3. The van der Waals surface area contributed by atoms with E-state index in [-0.39, 0.29) is 47.1 Å². The molecule has 2 N–H and O–H groups in total. The zero-order valence-corrected chi connectivity index (χ0v) is 24.7. The van der Waals surface area contributed by atoms with Crippen molar-refractivity contribution in [3.63, 3.8) is 0 Å². The third-order valence-corrected chi connectivity index (χ3v) is 10.4. The minimum absolute atomic E-state index is 0.0612. The van der Waals surface area contributed by atoms with Gasteiger partial charge in [-0.2, -0.15) is 4.31 Å². The molecule has 8 nitrogen and oxygen atoms in total. The maximum atomic E-state index is 15.3. The maximum absolute atomic E-state index is 15.3. The molecule has 3 heterocycles. The number of benzene rings is 2. The molecule has 3 atom stereocenters. The van der Waals surface area contributed by atoms with E-state index in [1.165, 1.54) is 47.0 Å². The van der Waals surface area contributed by atoms with Crippen molar-refractivity contribution in [2.45, 2.75) is 35.7 Å². The van der Waals surface area contributed by atoms with Gasteiger partial charge in [-0.15, -0.1) is 0 Å². The number of pyridine rings is 2. The summed E-state index contributed by atoms with van der Waals surface area (Å²) in [6.45, 7) is 1.06. The van der Waals surface area contributed by atoms with Crippen LogP contribution >= 0.6 is 0 Å². The van der Waals surface area contributed by atoms with Crippen molar-refractivity contribution in [3.8, 4) is 0 Å². The van der Waals surface area contributed by atoms with Gasteiger partial charge in [0.15, 0.2) is 5.03 Å². The number of piperazine rings is 1. The number of halogens is 4. The summed E-state index contributed by atoms with van der Waals surface area (Å²) in [5, 5.41) is 5.89. The Morgan fingerprint density at radius 1 is 1.00 bits per heavy atom. The van der Waals surface area contributed by atoms with Crippen LogP contribution < -0.4 is 10.6 Å². The van der Waals surface area contributed by atoms with Crippen LogP contribution in [0.1, 0.15) is 35.4 Å². The van der Waals surface area contributed by atoms with E-state index in [2.05, 4.69) is 20.6 Å². The minimum atomic E-state index is -3.92. The van der Waals surface area contributed by atoms with Crippen molar-refractivity contribution < 1.29 is 30.8 Å². The molecule has 0 radical (unpaired) electrons. The summed E-state index contributed by atoms with van der Waals surface area (Å²) in [6.07, 6.45) is 4.05. The number of carbonyl (C=O) groups excluding carboxylic acids is 1. The van der Waals surface area contributed by atoms with Crippen LogP contribution in [-0.4, -0.2) is 53.8 Å². The molecule has 2 fully saturated rings. The zero-order valence-electron chi connectivity index (χ0n) is 23.9. The van der Waals surface area contributed by atoms with Gasteiger partial charge in [-0.1, -0.05) is 18.2 Å². The second kappa shape index (κ2) is 12.3. The molecular formula is C32H29F4N5O3S. The lowest BCUT2D eigenvalue weighted by molar-refractivity contribution is -0.116. The SMILES string of the molecule is O=C(C[C@@H](c1ccc(F)cc1)c1cc(F)cc(F)c1)Nc1cncc(F)c1C[C@@H]1C[C@]12CNCCN2S(=O)(=O)c1ccccn1. The average molecular weight is 640 g/mol. The number of hydrogen-bond donors (Lipinski definition) is 2. The number of sulfonamides is 1. The molecule has 1 aliphatic carbocycles. The normalized spacial score (nSPS) is 20.6. The van der Waals surface area contributed by atoms with Gasteiger partial charge in [-0.05, 0) is 66.3 Å². The Hall–Kier alpha value is -4.20. The highest BCUT2D eigenvalue weighted by atomic mass is 32.2. The highest BCUT2D eigenvalue weighted by Gasteiger charge is 2.62. The molecule has 1 aliphatic heterocycles. The Balaban J connectivity index is 1.24. The number of hydrogen-bond acceptors (Lipinski definition) is 6. The number of carbonyl (C=O) groups is 1. The molecule has 0 bridgehead atoms. The smallest absolute Gasteiger partial charge is 0.261 e. The van der Waals surface area contributed by atoms with Crippen LogP contribution in [0.2, 0.25) is 0 Å². The lowest BCUT2D eigenvalue weighted by Crippen LogP contribution is -2.56. The molecule has 13 heteroatoms. The van der Waals surface area contributed by atoms with Gasteiger partial charge in [0.2, 0.25) is 5.91 Å². The second-order valence-electron chi connectivity index (χ2n) is 11.3. The first-order valence-electron chi connectivity index (χ1n) is 14.3. The number of nitrogens with zero attached hydrogens (tertiary/aromatic N) is 3. The van der Waals surface area contributed by atoms with Gasteiger partial charge in [-0.3, -0.25) is 9.78 Å². The highest BCUT2D eigenvalue weighted by Crippen LogP contribution is 2.53. The Labute approximate surface area is 257 Å². The monoisotopic (exact) mass is 639 g/mol. The van der Waals surface area contributed by atoms with Gasteiger partial charge in [0, 0.05) is 49.8 Å². The fourth-order valence-electron chi connectivity index (χ4n) is 6.23. The summed E-state index contributed by atoms with van der Waals surface area (Å²) in [6, 6.07) is 12.8. The summed E-state index contributed by atoms with van der Waals surface area (Å²) < 4.78 is 85.7. The molecule has 2 aromatic heterocycles. The molecule has 45 heavy (non-hydrogen) atoms. The van der Waals surface area contributed by atoms with Crippen molar-refractivity contribution in [2.75, 3.05) is 25.0 Å². The number of aromatic nitrogens is 2. The van der Waals surface area contributed by atoms with Crippen LogP contribution in [0.15, 0.2) is 84.3 Å². The van der Waals surface area contributed by atoms with E-state index < -0.39 is 50.7 Å². The van der Waals surface area contributed by atoms with Crippen LogP contribution in [0, 0.1) is 29.2 Å². The Morgan fingerprint density at radius 3 is 2.47 bits per heavy atom. The van der Waals surface area contributed by atoms with E-state index in [1.807, 2.05) is 0 Å². The van der Waals surface area contributed by atoms with Crippen molar-refractivity contribution in [3.05, 3.63) is 119 Å². The average Bonchev–Trinajstić information content (AvgIpc) is 3.69. The van der Waals surface area contributed by atoms with Gasteiger partial charge in [0.05, 0.1) is 23.6 Å². The summed E-state index contributed by atoms with van der Waals surface area (Å²) in [7, 11) is -3.92. The second-order valence-corrected chi connectivity index (χ2v) is 13.1. The maximum Gasteiger partial charge on any atom is 0.261 e. The van der Waals surface area contributed by atoms with Gasteiger partial charge in [-0.25, -0.2) is 31.0 Å². The number of amides is 1. The minimum Gasteiger partial charge on any atom is -0.324 e. The molecule has 4 aromatic rings. The zero-order chi connectivity index (χ0) is 31.8. The highest BCUT2D eigenvalue weighted by molar-refractivity contribution is 7.89. The van der Waals surface area contributed by atoms with Gasteiger partial charge in [0.1, 0.15) is 23.3 Å². The van der Waals surface area contributed by atoms with Crippen LogP contribution in [0.4, 0.5) is 23.2 Å². The molecule has 2 aromatic carbocycles. The number of anilines is 1. The van der Waals surface area contributed by atoms with Gasteiger partial charge < -0.3 is 10.6 Å². The molecule has 1 saturated carbocycles. The summed E-state index contributed by atoms with van der Waals surface area (Å²) in [5.74, 6) is -4.54. The first-order valence-corrected chi connectivity index (χ1v) is 15.8. The Kier molecular flexibility index (Phi) is 8.42. The van der Waals surface area contributed by atoms with Crippen LogP contribution in [0.3, 0.4) is 0 Å². The first kappa shape index (κ1) is 30.8. The Morgan fingerprint density at radius 2 is 1.76 bits per heavy atom. The molecule has 0 unspecified atom stereocenters. The van der Waals surface area contributed by atoms with Crippen LogP contribution in [-0.2, 0) is 21.2 Å². The molecule has 234 valence electrons. The first-order chi connectivity index (χ1) is 21.6. The fourth-order valence-corrected chi connectivity index (χ4v) is 8.00. The molecular weight excluding hydrogens is 610 g/mol. The predicted octanol–water partition coefficient (Wildman–Crippen LogP) is 4.79. The molecule has 1 saturated heterocycles. The number of rotatable bonds is 9. The Bertz CT molecular complexity index is 1810.